The minimum Gasteiger partial charge on any atom is -0.460 e. The zero-order chi connectivity index (χ0) is 20.1. The van der Waals surface area contributed by atoms with Crippen molar-refractivity contribution in [2.75, 3.05) is 25.0 Å². The van der Waals surface area contributed by atoms with Crippen molar-refractivity contribution in [3.05, 3.63) is 71.6 Å². The van der Waals surface area contributed by atoms with Crippen LogP contribution in [-0.2, 0) is 6.54 Å². The van der Waals surface area contributed by atoms with Crippen LogP contribution in [0.15, 0.2) is 65.2 Å². The Morgan fingerprint density at radius 1 is 1.07 bits per heavy atom. The first-order valence-corrected chi connectivity index (χ1v) is 10.6. The number of aromatic nitrogens is 1. The summed E-state index contributed by atoms with van der Waals surface area (Å²) in [6.07, 6.45) is 4.01. The molecule has 0 amide bonds. The number of anilines is 1. The van der Waals surface area contributed by atoms with Crippen LogP contribution in [0.3, 0.4) is 0 Å². The summed E-state index contributed by atoms with van der Waals surface area (Å²) < 4.78 is 6.00. The van der Waals surface area contributed by atoms with Gasteiger partial charge in [0.15, 0.2) is 0 Å². The molecule has 4 rings (SSSR count). The fourth-order valence-electron chi connectivity index (χ4n) is 3.72. The number of halogens is 1. The fraction of sp³-hybridized carbons (Fsp3) is 0.292. The highest BCUT2D eigenvalue weighted by Gasteiger charge is 2.10. The maximum absolute atomic E-state index is 6.08. The number of pyridine rings is 1. The molecule has 29 heavy (non-hydrogen) atoms. The van der Waals surface area contributed by atoms with Crippen LogP contribution < -0.4 is 5.32 Å². The summed E-state index contributed by atoms with van der Waals surface area (Å²) in [4.78, 5) is 6.87. The van der Waals surface area contributed by atoms with Crippen LogP contribution in [0.25, 0.3) is 21.9 Å². The second-order valence-electron chi connectivity index (χ2n) is 7.33. The number of rotatable bonds is 9. The van der Waals surface area contributed by atoms with Crippen LogP contribution >= 0.6 is 11.6 Å². The molecule has 0 bridgehead atoms. The van der Waals surface area contributed by atoms with Gasteiger partial charge in [0.1, 0.15) is 11.3 Å². The number of nitrogens with one attached hydrogen (secondary N) is 1. The maximum atomic E-state index is 6.08. The van der Waals surface area contributed by atoms with E-state index in [4.69, 9.17) is 16.0 Å². The standard InChI is InChI=1S/C24H26ClN3O/c1-2-13-28(17-20-15-18-6-3-4-7-24(18)29-20)14-5-11-26-22-10-12-27-23-16-19(25)8-9-21(22)23/h3-4,6-10,12,15-16H,2,5,11,13-14,17H2,1H3,(H,26,27). The van der Waals surface area contributed by atoms with E-state index in [1.165, 1.54) is 5.39 Å². The van der Waals surface area contributed by atoms with Gasteiger partial charge in [-0.1, -0.05) is 36.7 Å². The molecule has 0 radical (unpaired) electrons. The molecule has 0 aliphatic rings. The van der Waals surface area contributed by atoms with E-state index in [1.807, 2.05) is 48.7 Å². The summed E-state index contributed by atoms with van der Waals surface area (Å²) in [5, 5.41) is 6.54. The average Bonchev–Trinajstić information content (AvgIpc) is 3.13. The molecule has 0 saturated carbocycles. The van der Waals surface area contributed by atoms with Gasteiger partial charge in [0, 0.05) is 40.8 Å². The minimum absolute atomic E-state index is 0.711. The van der Waals surface area contributed by atoms with E-state index in [1.54, 1.807) is 0 Å². The Labute approximate surface area is 176 Å². The highest BCUT2D eigenvalue weighted by atomic mass is 35.5. The highest BCUT2D eigenvalue weighted by molar-refractivity contribution is 6.31. The van der Waals surface area contributed by atoms with Crippen molar-refractivity contribution in [2.45, 2.75) is 26.3 Å². The third-order valence-electron chi connectivity index (χ3n) is 5.07. The fourth-order valence-corrected chi connectivity index (χ4v) is 3.89. The van der Waals surface area contributed by atoms with Crippen LogP contribution in [0.2, 0.25) is 5.02 Å². The summed E-state index contributed by atoms with van der Waals surface area (Å²) in [6.45, 7) is 6.06. The van der Waals surface area contributed by atoms with E-state index in [2.05, 4.69) is 34.3 Å². The molecule has 0 aliphatic carbocycles. The first kappa shape index (κ1) is 19.7. The van der Waals surface area contributed by atoms with E-state index in [0.717, 1.165) is 67.0 Å². The van der Waals surface area contributed by atoms with Crippen LogP contribution in [0.4, 0.5) is 5.69 Å². The SMILES string of the molecule is CCCN(CCCNc1ccnc2cc(Cl)ccc12)Cc1cc2ccccc2o1. The van der Waals surface area contributed by atoms with E-state index in [0.29, 0.717) is 5.02 Å². The number of fused-ring (bicyclic) bond motifs is 2. The number of hydrogen-bond acceptors (Lipinski definition) is 4. The van der Waals surface area contributed by atoms with Gasteiger partial charge in [-0.05, 0) is 55.8 Å². The quantitative estimate of drug-likeness (QED) is 0.328. The molecule has 5 heteroatoms. The van der Waals surface area contributed by atoms with Gasteiger partial charge in [-0.15, -0.1) is 0 Å². The predicted molar refractivity (Wildman–Crippen MR) is 122 cm³/mol. The van der Waals surface area contributed by atoms with Gasteiger partial charge in [-0.25, -0.2) is 0 Å². The van der Waals surface area contributed by atoms with Crippen molar-refractivity contribution in [3.8, 4) is 0 Å². The van der Waals surface area contributed by atoms with Crippen LogP contribution in [-0.4, -0.2) is 29.5 Å². The molecule has 4 aromatic rings. The number of hydrogen-bond donors (Lipinski definition) is 1. The second kappa shape index (κ2) is 9.29. The van der Waals surface area contributed by atoms with Gasteiger partial charge in [0.2, 0.25) is 0 Å². The molecule has 0 spiro atoms. The van der Waals surface area contributed by atoms with Crippen LogP contribution in [0.1, 0.15) is 25.5 Å². The minimum atomic E-state index is 0.711. The lowest BCUT2D eigenvalue weighted by Gasteiger charge is -2.20. The molecular weight excluding hydrogens is 382 g/mol. The molecule has 0 fully saturated rings. The smallest absolute Gasteiger partial charge is 0.134 e. The molecule has 2 aromatic heterocycles. The lowest BCUT2D eigenvalue weighted by Crippen LogP contribution is -2.26. The molecule has 0 saturated heterocycles. The third kappa shape index (κ3) is 4.89. The molecule has 0 atom stereocenters. The molecule has 2 heterocycles. The average molecular weight is 408 g/mol. The molecule has 0 aliphatic heterocycles. The maximum Gasteiger partial charge on any atom is 0.134 e. The van der Waals surface area contributed by atoms with Crippen molar-refractivity contribution >= 4 is 39.2 Å². The topological polar surface area (TPSA) is 41.3 Å². The molecule has 1 N–H and O–H groups in total. The monoisotopic (exact) mass is 407 g/mol. The highest BCUT2D eigenvalue weighted by Crippen LogP contribution is 2.24. The van der Waals surface area contributed by atoms with Crippen molar-refractivity contribution in [2.24, 2.45) is 0 Å². The second-order valence-corrected chi connectivity index (χ2v) is 7.76. The molecule has 0 unspecified atom stereocenters. The Bertz CT molecular complexity index is 1060. The Hall–Kier alpha value is -2.56. The van der Waals surface area contributed by atoms with Crippen molar-refractivity contribution in [1.29, 1.82) is 0 Å². The first-order chi connectivity index (χ1) is 14.2. The normalized spacial score (nSPS) is 11.6. The Balaban J connectivity index is 1.34. The largest absolute Gasteiger partial charge is 0.460 e. The zero-order valence-corrected chi connectivity index (χ0v) is 17.5. The van der Waals surface area contributed by atoms with E-state index in [9.17, 15) is 0 Å². The Morgan fingerprint density at radius 2 is 1.97 bits per heavy atom. The number of furan rings is 1. The van der Waals surface area contributed by atoms with E-state index in [-0.39, 0.29) is 0 Å². The van der Waals surface area contributed by atoms with E-state index >= 15 is 0 Å². The summed E-state index contributed by atoms with van der Waals surface area (Å²) in [7, 11) is 0. The van der Waals surface area contributed by atoms with Crippen molar-refractivity contribution < 1.29 is 4.42 Å². The number of nitrogens with zero attached hydrogens (tertiary/aromatic N) is 2. The summed E-state index contributed by atoms with van der Waals surface area (Å²) >= 11 is 6.08. The Morgan fingerprint density at radius 3 is 2.83 bits per heavy atom. The predicted octanol–water partition coefficient (Wildman–Crippen LogP) is 6.35. The summed E-state index contributed by atoms with van der Waals surface area (Å²) in [5.41, 5.74) is 2.98. The van der Waals surface area contributed by atoms with Gasteiger partial charge in [-0.2, -0.15) is 0 Å². The number of para-hydroxylation sites is 1. The molecular formula is C24H26ClN3O. The lowest BCUT2D eigenvalue weighted by molar-refractivity contribution is 0.246. The van der Waals surface area contributed by atoms with Gasteiger partial charge < -0.3 is 9.73 Å². The van der Waals surface area contributed by atoms with Crippen LogP contribution in [0, 0.1) is 0 Å². The third-order valence-corrected chi connectivity index (χ3v) is 5.30. The van der Waals surface area contributed by atoms with Gasteiger partial charge >= 0.3 is 0 Å². The zero-order valence-electron chi connectivity index (χ0n) is 16.7. The number of benzene rings is 2. The molecule has 150 valence electrons. The first-order valence-electron chi connectivity index (χ1n) is 10.2. The molecule has 2 aromatic carbocycles. The lowest BCUT2D eigenvalue weighted by atomic mass is 10.2. The van der Waals surface area contributed by atoms with Gasteiger partial charge in [-0.3, -0.25) is 9.88 Å². The molecule has 4 nitrogen and oxygen atoms in total. The van der Waals surface area contributed by atoms with Crippen molar-refractivity contribution in [3.63, 3.8) is 0 Å². The van der Waals surface area contributed by atoms with Crippen LogP contribution in [0.5, 0.6) is 0 Å². The van der Waals surface area contributed by atoms with E-state index < -0.39 is 0 Å². The summed E-state index contributed by atoms with van der Waals surface area (Å²) in [6, 6.07) is 18.2. The van der Waals surface area contributed by atoms with Crippen molar-refractivity contribution in [1.82, 2.24) is 9.88 Å². The van der Waals surface area contributed by atoms with Gasteiger partial charge in [0.05, 0.1) is 12.1 Å². The Kier molecular flexibility index (Phi) is 6.33. The summed E-state index contributed by atoms with van der Waals surface area (Å²) in [5.74, 6) is 1.03. The van der Waals surface area contributed by atoms with Gasteiger partial charge in [0.25, 0.3) is 0 Å².